The average Bonchev–Trinajstić information content (AvgIpc) is 3.01. The fourth-order valence-electron chi connectivity index (χ4n) is 1.81. The van der Waals surface area contributed by atoms with Gasteiger partial charge in [-0.1, -0.05) is 20.8 Å². The van der Waals surface area contributed by atoms with Gasteiger partial charge in [0.15, 0.2) is 5.96 Å². The third-order valence-corrected chi connectivity index (χ3v) is 4.65. The number of likely N-dealkylation sites (N-methyl/N-ethyl adjacent to an activating group) is 1. The van der Waals surface area contributed by atoms with Crippen molar-refractivity contribution in [2.45, 2.75) is 32.6 Å². The summed E-state index contributed by atoms with van der Waals surface area (Å²) in [6, 6.07) is 0. The van der Waals surface area contributed by atoms with Gasteiger partial charge in [-0.25, -0.2) is 9.98 Å². The maximum absolute atomic E-state index is 11.7. The van der Waals surface area contributed by atoms with E-state index in [9.17, 15) is 4.79 Å². The van der Waals surface area contributed by atoms with Gasteiger partial charge in [-0.3, -0.25) is 4.79 Å². The molecule has 0 fully saturated rings. The number of carbonyl (C=O) groups excluding carboxylic acids is 1. The van der Waals surface area contributed by atoms with Crippen LogP contribution in [0.25, 0.3) is 0 Å². The Kier molecular flexibility index (Phi) is 12.0. The summed E-state index contributed by atoms with van der Waals surface area (Å²) in [5.74, 6) is 0.570. The molecule has 0 aliphatic carbocycles. The summed E-state index contributed by atoms with van der Waals surface area (Å²) >= 11 is 1.70. The van der Waals surface area contributed by atoms with Crippen molar-refractivity contribution >= 4 is 47.2 Å². The molecule has 0 radical (unpaired) electrons. The summed E-state index contributed by atoms with van der Waals surface area (Å²) in [5.41, 5.74) is 1.15. The molecule has 0 aliphatic rings. The van der Waals surface area contributed by atoms with E-state index in [0.717, 1.165) is 17.1 Å². The fourth-order valence-corrected chi connectivity index (χ4v) is 2.75. The van der Waals surface area contributed by atoms with Crippen molar-refractivity contribution in [3.63, 3.8) is 0 Å². The van der Waals surface area contributed by atoms with Crippen LogP contribution in [0.15, 0.2) is 10.4 Å². The van der Waals surface area contributed by atoms with Gasteiger partial charge in [0.1, 0.15) is 6.54 Å². The standard InChI is InChI=1S/C17H31N5O2S.HI/c1-17(2,3)15-21-13(12-25-15)7-8-18-16(19-9-10-24-6)20-11-14(23)22(4)5;/h12H,7-11H2,1-6H3,(H2,18,19,20);1H. The number of aliphatic imine (C=N–C) groups is 1. The first-order valence-corrected chi connectivity index (χ1v) is 9.28. The number of ether oxygens (including phenoxy) is 1. The number of hydrogen-bond donors (Lipinski definition) is 2. The highest BCUT2D eigenvalue weighted by atomic mass is 127. The number of nitrogens with one attached hydrogen (secondary N) is 2. The lowest BCUT2D eigenvalue weighted by Gasteiger charge is -2.14. The number of guanidine groups is 1. The van der Waals surface area contributed by atoms with Crippen molar-refractivity contribution in [2.75, 3.05) is 47.4 Å². The number of nitrogens with zero attached hydrogens (tertiary/aromatic N) is 3. The molecule has 7 nitrogen and oxygen atoms in total. The Balaban J connectivity index is 0.00000625. The molecule has 1 aromatic heterocycles. The van der Waals surface area contributed by atoms with Gasteiger partial charge in [0.05, 0.1) is 17.3 Å². The van der Waals surface area contributed by atoms with Crippen molar-refractivity contribution in [2.24, 2.45) is 4.99 Å². The normalized spacial score (nSPS) is 11.7. The van der Waals surface area contributed by atoms with Crippen molar-refractivity contribution < 1.29 is 9.53 Å². The second kappa shape index (κ2) is 12.4. The molecule has 0 saturated heterocycles. The first-order chi connectivity index (χ1) is 11.7. The number of amides is 1. The van der Waals surface area contributed by atoms with E-state index in [4.69, 9.17) is 4.74 Å². The van der Waals surface area contributed by atoms with Gasteiger partial charge in [-0.05, 0) is 0 Å². The highest BCUT2D eigenvalue weighted by Gasteiger charge is 2.17. The molecule has 0 unspecified atom stereocenters. The van der Waals surface area contributed by atoms with Crippen LogP contribution in [0.1, 0.15) is 31.5 Å². The molecular formula is C17H32IN5O2S. The minimum Gasteiger partial charge on any atom is -0.383 e. The van der Waals surface area contributed by atoms with E-state index in [-0.39, 0.29) is 41.8 Å². The predicted molar refractivity (Wildman–Crippen MR) is 119 cm³/mol. The molecule has 0 aromatic carbocycles. The van der Waals surface area contributed by atoms with Gasteiger partial charge in [0.2, 0.25) is 5.91 Å². The van der Waals surface area contributed by atoms with Crippen LogP contribution in [0, 0.1) is 0 Å². The summed E-state index contributed by atoms with van der Waals surface area (Å²) in [5, 5.41) is 9.65. The molecule has 150 valence electrons. The number of carbonyl (C=O) groups is 1. The maximum atomic E-state index is 11.7. The Labute approximate surface area is 178 Å². The number of hydrogen-bond acceptors (Lipinski definition) is 5. The summed E-state index contributed by atoms with van der Waals surface area (Å²) in [6.45, 7) is 8.51. The molecule has 0 atom stereocenters. The smallest absolute Gasteiger partial charge is 0.243 e. The monoisotopic (exact) mass is 497 g/mol. The highest BCUT2D eigenvalue weighted by Crippen LogP contribution is 2.25. The van der Waals surface area contributed by atoms with Gasteiger partial charge >= 0.3 is 0 Å². The molecule has 0 bridgehead atoms. The van der Waals surface area contributed by atoms with E-state index in [0.29, 0.717) is 25.7 Å². The molecule has 1 amide bonds. The second-order valence-electron chi connectivity index (χ2n) is 6.94. The average molecular weight is 497 g/mol. The van der Waals surface area contributed by atoms with Crippen molar-refractivity contribution in [1.29, 1.82) is 0 Å². The maximum Gasteiger partial charge on any atom is 0.243 e. The molecule has 0 aliphatic heterocycles. The highest BCUT2D eigenvalue weighted by molar-refractivity contribution is 14.0. The molecule has 9 heteroatoms. The lowest BCUT2D eigenvalue weighted by molar-refractivity contribution is -0.127. The topological polar surface area (TPSA) is 78.8 Å². The van der Waals surface area contributed by atoms with Crippen LogP contribution in [0.2, 0.25) is 0 Å². The first kappa shape index (κ1) is 25.1. The van der Waals surface area contributed by atoms with Crippen LogP contribution in [0.5, 0.6) is 0 Å². The number of aromatic nitrogens is 1. The summed E-state index contributed by atoms with van der Waals surface area (Å²) in [6.07, 6.45) is 0.805. The zero-order chi connectivity index (χ0) is 18.9. The van der Waals surface area contributed by atoms with Gasteiger partial charge in [-0.15, -0.1) is 35.3 Å². The molecule has 0 spiro atoms. The van der Waals surface area contributed by atoms with Gasteiger partial charge < -0.3 is 20.3 Å². The summed E-state index contributed by atoms with van der Waals surface area (Å²) < 4.78 is 5.04. The minimum absolute atomic E-state index is 0. The second-order valence-corrected chi connectivity index (χ2v) is 7.80. The Morgan fingerprint density at radius 2 is 1.96 bits per heavy atom. The SMILES string of the molecule is COCCNC(=NCC(=O)N(C)C)NCCc1csc(C(C)(C)C)n1.I. The largest absolute Gasteiger partial charge is 0.383 e. The molecular weight excluding hydrogens is 465 g/mol. The minimum atomic E-state index is -0.0397. The number of rotatable bonds is 8. The van der Waals surface area contributed by atoms with E-state index < -0.39 is 0 Å². The fraction of sp³-hybridized carbons (Fsp3) is 0.706. The Hall–Kier alpha value is -0.940. The Morgan fingerprint density at radius 3 is 2.50 bits per heavy atom. The lowest BCUT2D eigenvalue weighted by atomic mass is 9.98. The van der Waals surface area contributed by atoms with Crippen molar-refractivity contribution in [3.05, 3.63) is 16.1 Å². The van der Waals surface area contributed by atoms with Gasteiger partial charge in [-0.2, -0.15) is 0 Å². The Morgan fingerprint density at radius 1 is 1.31 bits per heavy atom. The van der Waals surface area contributed by atoms with Crippen molar-refractivity contribution in [3.8, 4) is 0 Å². The van der Waals surface area contributed by atoms with Crippen LogP contribution >= 0.6 is 35.3 Å². The first-order valence-electron chi connectivity index (χ1n) is 8.40. The van der Waals surface area contributed by atoms with E-state index >= 15 is 0 Å². The molecule has 1 heterocycles. The van der Waals surface area contributed by atoms with Crippen LogP contribution in [-0.2, 0) is 21.4 Å². The molecule has 2 N–H and O–H groups in total. The Bertz CT molecular complexity index is 570. The van der Waals surface area contributed by atoms with E-state index in [2.05, 4.69) is 46.8 Å². The van der Waals surface area contributed by atoms with E-state index in [1.54, 1.807) is 32.5 Å². The van der Waals surface area contributed by atoms with Gasteiger partial charge in [0.25, 0.3) is 0 Å². The number of halogens is 1. The lowest BCUT2D eigenvalue weighted by Crippen LogP contribution is -2.40. The van der Waals surface area contributed by atoms with Crippen molar-refractivity contribution in [1.82, 2.24) is 20.5 Å². The van der Waals surface area contributed by atoms with Gasteiger partial charge in [0, 0.05) is 51.5 Å². The molecule has 1 aromatic rings. The zero-order valence-corrected chi connectivity index (χ0v) is 19.7. The summed E-state index contributed by atoms with van der Waals surface area (Å²) in [7, 11) is 5.09. The molecule has 1 rings (SSSR count). The van der Waals surface area contributed by atoms with E-state index in [1.807, 2.05) is 0 Å². The predicted octanol–water partition coefficient (Wildman–Crippen LogP) is 1.87. The van der Waals surface area contributed by atoms with Crippen LogP contribution < -0.4 is 10.6 Å². The quantitative estimate of drug-likeness (QED) is 0.248. The number of thiazole rings is 1. The van der Waals surface area contributed by atoms with E-state index in [1.165, 1.54) is 4.90 Å². The third kappa shape index (κ3) is 9.67. The molecule has 26 heavy (non-hydrogen) atoms. The third-order valence-electron chi connectivity index (χ3n) is 3.34. The van der Waals surface area contributed by atoms with Crippen LogP contribution in [0.4, 0.5) is 0 Å². The van der Waals surface area contributed by atoms with Crippen LogP contribution in [0.3, 0.4) is 0 Å². The molecule has 0 saturated carbocycles. The summed E-state index contributed by atoms with van der Waals surface area (Å²) in [4.78, 5) is 22.2. The zero-order valence-electron chi connectivity index (χ0n) is 16.6. The van der Waals surface area contributed by atoms with Crippen LogP contribution in [-0.4, -0.2) is 69.2 Å². The number of methoxy groups -OCH3 is 1.